The van der Waals surface area contributed by atoms with E-state index in [0.717, 1.165) is 49.7 Å². The highest BCUT2D eigenvalue weighted by Gasteiger charge is 2.17. The van der Waals surface area contributed by atoms with Gasteiger partial charge in [-0.05, 0) is 78.2 Å². The molecule has 0 saturated carbocycles. The van der Waals surface area contributed by atoms with Crippen molar-refractivity contribution in [1.82, 2.24) is 9.97 Å². The Morgan fingerprint density at radius 3 is 1.44 bits per heavy atom. The van der Waals surface area contributed by atoms with E-state index in [1.54, 1.807) is 0 Å². The fraction of sp³-hybridized carbons (Fsp3) is 0.0526. The van der Waals surface area contributed by atoms with E-state index in [2.05, 4.69) is 120 Å². The van der Waals surface area contributed by atoms with Crippen LogP contribution in [0.15, 0.2) is 115 Å². The van der Waals surface area contributed by atoms with Crippen LogP contribution >= 0.6 is 0 Å². The highest BCUT2D eigenvalue weighted by Crippen LogP contribution is 2.38. The summed E-state index contributed by atoms with van der Waals surface area (Å²) in [5.74, 6) is 0. The predicted molar refractivity (Wildman–Crippen MR) is 174 cm³/mol. The minimum atomic E-state index is 0.0398. The number of hydrogen-bond donors (Lipinski definition) is 0. The number of rotatable bonds is 4. The third kappa shape index (κ3) is 4.50. The molecule has 202 valence electrons. The molecule has 0 aliphatic heterocycles. The molecule has 0 radical (unpaired) electrons. The van der Waals surface area contributed by atoms with E-state index in [9.17, 15) is 10.5 Å². The van der Waals surface area contributed by atoms with Crippen LogP contribution in [0.2, 0.25) is 0 Å². The number of fused-ring (bicyclic) bond motifs is 6. The molecule has 0 N–H and O–H groups in total. The first-order chi connectivity index (χ1) is 21.0. The molecule has 0 unspecified atom stereocenters. The fourth-order valence-electron chi connectivity index (χ4n) is 5.68. The van der Waals surface area contributed by atoms with Crippen molar-refractivity contribution in [2.75, 3.05) is 4.90 Å². The lowest BCUT2D eigenvalue weighted by Crippen LogP contribution is -2.09. The van der Waals surface area contributed by atoms with Gasteiger partial charge in [0, 0.05) is 27.8 Å². The molecule has 0 fully saturated rings. The molecule has 5 nitrogen and oxygen atoms in total. The SMILES string of the molecule is Cc1ccc(N(c2ccc(C)cc2)c2ccc(-c3ccc4c(c3)c3ccccc3c3nc(C#N)c(C#N)nc43)cc2)cc1. The normalized spacial score (nSPS) is 11.0. The molecular weight excluding hydrogens is 526 g/mol. The van der Waals surface area contributed by atoms with Crippen molar-refractivity contribution >= 4 is 49.6 Å². The Morgan fingerprint density at radius 2 is 0.930 bits per heavy atom. The van der Waals surface area contributed by atoms with Crippen LogP contribution in [-0.4, -0.2) is 9.97 Å². The van der Waals surface area contributed by atoms with Gasteiger partial charge < -0.3 is 4.90 Å². The minimum Gasteiger partial charge on any atom is -0.311 e. The van der Waals surface area contributed by atoms with Crippen molar-refractivity contribution in [1.29, 1.82) is 10.5 Å². The average molecular weight is 552 g/mol. The Bertz CT molecular complexity index is 2210. The quantitative estimate of drug-likeness (QED) is 0.204. The Kier molecular flexibility index (Phi) is 6.27. The zero-order valence-corrected chi connectivity index (χ0v) is 23.7. The molecule has 5 heteroatoms. The third-order valence-corrected chi connectivity index (χ3v) is 7.90. The van der Waals surface area contributed by atoms with Crippen LogP contribution in [0, 0.1) is 36.5 Å². The molecule has 0 atom stereocenters. The number of benzene rings is 6. The van der Waals surface area contributed by atoms with Crippen LogP contribution in [0.1, 0.15) is 22.5 Å². The molecule has 1 heterocycles. The van der Waals surface area contributed by atoms with E-state index in [1.807, 2.05) is 36.4 Å². The molecule has 1 aromatic heterocycles. The zero-order valence-electron chi connectivity index (χ0n) is 23.7. The summed E-state index contributed by atoms with van der Waals surface area (Å²) >= 11 is 0. The van der Waals surface area contributed by atoms with Crippen molar-refractivity contribution in [3.05, 3.63) is 138 Å². The highest BCUT2D eigenvalue weighted by atomic mass is 15.1. The summed E-state index contributed by atoms with van der Waals surface area (Å²) in [6, 6.07) is 44.2. The van der Waals surface area contributed by atoms with Crippen LogP contribution in [0.4, 0.5) is 17.1 Å². The minimum absolute atomic E-state index is 0.0398. The molecule has 0 bridgehead atoms. The van der Waals surface area contributed by atoms with Gasteiger partial charge in [-0.25, -0.2) is 9.97 Å². The Morgan fingerprint density at radius 1 is 0.488 bits per heavy atom. The van der Waals surface area contributed by atoms with Crippen molar-refractivity contribution in [2.45, 2.75) is 13.8 Å². The van der Waals surface area contributed by atoms with Crippen molar-refractivity contribution in [3.8, 4) is 23.3 Å². The van der Waals surface area contributed by atoms with Crippen molar-refractivity contribution < 1.29 is 0 Å². The van der Waals surface area contributed by atoms with E-state index in [1.165, 1.54) is 11.1 Å². The second kappa shape index (κ2) is 10.4. The Labute approximate surface area is 249 Å². The van der Waals surface area contributed by atoms with Gasteiger partial charge in [0.1, 0.15) is 12.1 Å². The summed E-state index contributed by atoms with van der Waals surface area (Å²) in [6.45, 7) is 4.20. The van der Waals surface area contributed by atoms with Gasteiger partial charge in [0.2, 0.25) is 0 Å². The number of anilines is 3. The summed E-state index contributed by atoms with van der Waals surface area (Å²) in [4.78, 5) is 11.4. The fourth-order valence-corrected chi connectivity index (χ4v) is 5.68. The summed E-state index contributed by atoms with van der Waals surface area (Å²) in [7, 11) is 0. The van der Waals surface area contributed by atoms with Crippen LogP contribution in [0.3, 0.4) is 0 Å². The summed E-state index contributed by atoms with van der Waals surface area (Å²) in [5.41, 5.74) is 9.21. The van der Waals surface area contributed by atoms with Crippen LogP contribution in [-0.2, 0) is 0 Å². The molecule has 7 rings (SSSR count). The molecule has 7 aromatic rings. The molecular formula is C38H25N5. The molecule has 43 heavy (non-hydrogen) atoms. The molecule has 0 amide bonds. The van der Waals surface area contributed by atoms with Crippen LogP contribution in [0.25, 0.3) is 43.7 Å². The third-order valence-electron chi connectivity index (χ3n) is 7.90. The second-order valence-electron chi connectivity index (χ2n) is 10.7. The predicted octanol–water partition coefficient (Wildman–Crippen LogP) is 9.43. The van der Waals surface area contributed by atoms with Gasteiger partial charge in [0.15, 0.2) is 11.4 Å². The number of nitriles is 2. The number of hydrogen-bond acceptors (Lipinski definition) is 5. The summed E-state index contributed by atoms with van der Waals surface area (Å²) < 4.78 is 0. The largest absolute Gasteiger partial charge is 0.311 e. The Balaban J connectivity index is 1.36. The lowest BCUT2D eigenvalue weighted by Gasteiger charge is -2.26. The van der Waals surface area contributed by atoms with Gasteiger partial charge in [-0.1, -0.05) is 83.9 Å². The van der Waals surface area contributed by atoms with Gasteiger partial charge >= 0.3 is 0 Å². The summed E-state index contributed by atoms with van der Waals surface area (Å²) in [6.07, 6.45) is 0. The van der Waals surface area contributed by atoms with E-state index < -0.39 is 0 Å². The molecule has 0 aliphatic rings. The standard InChI is InChI=1S/C38H25N5/c1-24-7-14-28(15-8-24)43(29-16-9-25(2)10-17-29)30-18-11-26(12-19-30)27-13-20-33-34(21-27)31-5-3-4-6-32(31)37-38(33)42-36(23-40)35(22-39)41-37/h3-21H,1-2H3. The highest BCUT2D eigenvalue weighted by molar-refractivity contribution is 6.23. The first kappa shape index (κ1) is 25.9. The lowest BCUT2D eigenvalue weighted by molar-refractivity contribution is 1.21. The first-order valence-corrected chi connectivity index (χ1v) is 14.0. The number of nitrogens with zero attached hydrogens (tertiary/aromatic N) is 5. The van der Waals surface area contributed by atoms with Gasteiger partial charge in [0.25, 0.3) is 0 Å². The topological polar surface area (TPSA) is 76.6 Å². The molecule has 0 spiro atoms. The van der Waals surface area contributed by atoms with Gasteiger partial charge in [-0.3, -0.25) is 0 Å². The van der Waals surface area contributed by atoms with Crippen molar-refractivity contribution in [2.24, 2.45) is 0 Å². The maximum atomic E-state index is 9.61. The van der Waals surface area contributed by atoms with Crippen molar-refractivity contribution in [3.63, 3.8) is 0 Å². The monoisotopic (exact) mass is 551 g/mol. The first-order valence-electron chi connectivity index (χ1n) is 14.0. The van der Waals surface area contributed by atoms with Gasteiger partial charge in [0.05, 0.1) is 11.0 Å². The average Bonchev–Trinajstić information content (AvgIpc) is 3.06. The lowest BCUT2D eigenvalue weighted by atomic mass is 9.95. The van der Waals surface area contributed by atoms with Crippen LogP contribution < -0.4 is 4.90 Å². The van der Waals surface area contributed by atoms with Crippen LogP contribution in [0.5, 0.6) is 0 Å². The molecule has 6 aromatic carbocycles. The van der Waals surface area contributed by atoms with Gasteiger partial charge in [-0.15, -0.1) is 0 Å². The maximum Gasteiger partial charge on any atom is 0.177 e. The Hall–Kier alpha value is -6.04. The maximum absolute atomic E-state index is 9.61. The summed E-state index contributed by atoms with van der Waals surface area (Å²) in [5, 5.41) is 23.0. The number of aromatic nitrogens is 2. The smallest absolute Gasteiger partial charge is 0.177 e. The van der Waals surface area contributed by atoms with E-state index in [4.69, 9.17) is 0 Å². The van der Waals surface area contributed by atoms with E-state index in [0.29, 0.717) is 11.0 Å². The molecule has 0 saturated heterocycles. The van der Waals surface area contributed by atoms with E-state index in [-0.39, 0.29) is 11.4 Å². The number of aryl methyl sites for hydroxylation is 2. The second-order valence-corrected chi connectivity index (χ2v) is 10.7. The molecule has 0 aliphatic carbocycles. The zero-order chi connectivity index (χ0) is 29.5. The van der Waals surface area contributed by atoms with Gasteiger partial charge in [-0.2, -0.15) is 10.5 Å². The van der Waals surface area contributed by atoms with E-state index >= 15 is 0 Å².